The zero-order valence-corrected chi connectivity index (χ0v) is 15.6. The molecule has 1 aromatic carbocycles. The van der Waals surface area contributed by atoms with E-state index in [2.05, 4.69) is 20.6 Å². The van der Waals surface area contributed by atoms with Gasteiger partial charge in [-0.2, -0.15) is 0 Å². The Hall–Kier alpha value is -3.61. The molecule has 0 spiro atoms. The summed E-state index contributed by atoms with van der Waals surface area (Å²) in [6.07, 6.45) is 5.12. The van der Waals surface area contributed by atoms with Crippen LogP contribution in [-0.4, -0.2) is 36.1 Å². The standard InChI is InChI=1S/C21H22N4O3/c1-27-18-4-6-19(7-5-18)28-12-11-24-21(26)17-8-10-23-20(13-17)25-15-16-3-2-9-22-14-16/h2-10,13-14H,11-12,15H2,1H3,(H,23,25)(H,24,26). The monoisotopic (exact) mass is 378 g/mol. The van der Waals surface area contributed by atoms with Crippen molar-refractivity contribution in [1.29, 1.82) is 0 Å². The molecule has 2 aromatic heterocycles. The highest BCUT2D eigenvalue weighted by Gasteiger charge is 2.07. The smallest absolute Gasteiger partial charge is 0.251 e. The van der Waals surface area contributed by atoms with E-state index in [9.17, 15) is 4.79 Å². The van der Waals surface area contributed by atoms with Gasteiger partial charge >= 0.3 is 0 Å². The van der Waals surface area contributed by atoms with Crippen molar-refractivity contribution in [2.75, 3.05) is 25.6 Å². The summed E-state index contributed by atoms with van der Waals surface area (Å²) in [5.74, 6) is 1.95. The van der Waals surface area contributed by atoms with E-state index in [4.69, 9.17) is 9.47 Å². The molecule has 7 nitrogen and oxygen atoms in total. The summed E-state index contributed by atoms with van der Waals surface area (Å²) in [4.78, 5) is 20.6. The van der Waals surface area contributed by atoms with Crippen molar-refractivity contribution in [3.63, 3.8) is 0 Å². The Labute approximate surface area is 163 Å². The zero-order chi connectivity index (χ0) is 19.6. The maximum absolute atomic E-state index is 12.3. The number of aromatic nitrogens is 2. The number of anilines is 1. The summed E-state index contributed by atoms with van der Waals surface area (Å²) in [5, 5.41) is 6.03. The summed E-state index contributed by atoms with van der Waals surface area (Å²) in [5.41, 5.74) is 1.57. The van der Waals surface area contributed by atoms with E-state index >= 15 is 0 Å². The van der Waals surface area contributed by atoms with Crippen LogP contribution in [0.25, 0.3) is 0 Å². The molecule has 1 amide bonds. The van der Waals surface area contributed by atoms with Crippen LogP contribution in [0.1, 0.15) is 15.9 Å². The molecule has 0 fully saturated rings. The number of rotatable bonds is 9. The summed E-state index contributed by atoms with van der Waals surface area (Å²) in [6, 6.07) is 14.5. The molecule has 0 aliphatic carbocycles. The third kappa shape index (κ3) is 5.70. The molecule has 3 aromatic rings. The average Bonchev–Trinajstić information content (AvgIpc) is 2.76. The molecule has 3 rings (SSSR count). The molecule has 2 N–H and O–H groups in total. The molecule has 0 atom stereocenters. The van der Waals surface area contributed by atoms with E-state index in [1.54, 1.807) is 37.8 Å². The first kappa shape index (κ1) is 19.2. The number of carbonyl (C=O) groups is 1. The van der Waals surface area contributed by atoms with Crippen molar-refractivity contribution < 1.29 is 14.3 Å². The Balaban J connectivity index is 1.44. The van der Waals surface area contributed by atoms with Gasteiger partial charge in [-0.05, 0) is 48.0 Å². The van der Waals surface area contributed by atoms with Gasteiger partial charge in [-0.1, -0.05) is 6.07 Å². The van der Waals surface area contributed by atoms with E-state index in [1.165, 1.54) is 0 Å². The topological polar surface area (TPSA) is 85.4 Å². The fourth-order valence-corrected chi connectivity index (χ4v) is 2.47. The summed E-state index contributed by atoms with van der Waals surface area (Å²) in [7, 11) is 1.62. The first-order valence-corrected chi connectivity index (χ1v) is 8.88. The van der Waals surface area contributed by atoms with Gasteiger partial charge in [0, 0.05) is 30.7 Å². The van der Waals surface area contributed by atoms with Gasteiger partial charge in [0.05, 0.1) is 13.7 Å². The van der Waals surface area contributed by atoms with Gasteiger partial charge in [-0.25, -0.2) is 4.98 Å². The van der Waals surface area contributed by atoms with E-state index in [-0.39, 0.29) is 5.91 Å². The molecule has 28 heavy (non-hydrogen) atoms. The first-order chi connectivity index (χ1) is 13.7. The number of benzene rings is 1. The first-order valence-electron chi connectivity index (χ1n) is 8.88. The summed E-state index contributed by atoms with van der Waals surface area (Å²) in [6.45, 7) is 1.35. The second-order valence-electron chi connectivity index (χ2n) is 5.92. The van der Waals surface area contributed by atoms with Crippen molar-refractivity contribution in [2.45, 2.75) is 6.54 Å². The quantitative estimate of drug-likeness (QED) is 0.557. The van der Waals surface area contributed by atoms with Gasteiger partial charge in [0.2, 0.25) is 0 Å². The lowest BCUT2D eigenvalue weighted by Gasteiger charge is -2.10. The van der Waals surface area contributed by atoms with Crippen LogP contribution in [0.15, 0.2) is 67.1 Å². The van der Waals surface area contributed by atoms with Gasteiger partial charge in [-0.15, -0.1) is 0 Å². The summed E-state index contributed by atoms with van der Waals surface area (Å²) < 4.78 is 10.7. The number of pyridine rings is 2. The van der Waals surface area contributed by atoms with Crippen LogP contribution in [0, 0.1) is 0 Å². The third-order valence-electron chi connectivity index (χ3n) is 3.93. The number of nitrogens with zero attached hydrogens (tertiary/aromatic N) is 2. The molecular formula is C21H22N4O3. The predicted molar refractivity (Wildman–Crippen MR) is 107 cm³/mol. The zero-order valence-electron chi connectivity index (χ0n) is 15.6. The van der Waals surface area contributed by atoms with Gasteiger partial charge in [0.15, 0.2) is 0 Å². The van der Waals surface area contributed by atoms with Gasteiger partial charge in [-0.3, -0.25) is 9.78 Å². The Morgan fingerprint density at radius 2 is 1.89 bits per heavy atom. The molecule has 0 aliphatic heterocycles. The lowest BCUT2D eigenvalue weighted by Crippen LogP contribution is -2.28. The third-order valence-corrected chi connectivity index (χ3v) is 3.93. The van der Waals surface area contributed by atoms with Crippen LogP contribution in [0.4, 0.5) is 5.82 Å². The number of ether oxygens (including phenoxy) is 2. The van der Waals surface area contributed by atoms with Crippen molar-refractivity contribution >= 4 is 11.7 Å². The minimum atomic E-state index is -0.176. The lowest BCUT2D eigenvalue weighted by molar-refractivity contribution is 0.0947. The van der Waals surface area contributed by atoms with Crippen LogP contribution in [0.3, 0.4) is 0 Å². The van der Waals surface area contributed by atoms with Crippen LogP contribution >= 0.6 is 0 Å². The number of hydrogen-bond donors (Lipinski definition) is 2. The Morgan fingerprint density at radius 1 is 1.07 bits per heavy atom. The molecule has 0 radical (unpaired) electrons. The molecular weight excluding hydrogens is 356 g/mol. The van der Waals surface area contributed by atoms with Crippen LogP contribution < -0.4 is 20.1 Å². The minimum Gasteiger partial charge on any atom is -0.497 e. The van der Waals surface area contributed by atoms with Crippen molar-refractivity contribution in [1.82, 2.24) is 15.3 Å². The van der Waals surface area contributed by atoms with Crippen LogP contribution in [0.2, 0.25) is 0 Å². The van der Waals surface area contributed by atoms with E-state index in [0.717, 1.165) is 17.1 Å². The van der Waals surface area contributed by atoms with Crippen LogP contribution in [0.5, 0.6) is 11.5 Å². The highest BCUT2D eigenvalue weighted by molar-refractivity contribution is 5.94. The lowest BCUT2D eigenvalue weighted by atomic mass is 10.2. The maximum Gasteiger partial charge on any atom is 0.251 e. The molecule has 0 saturated heterocycles. The fraction of sp³-hybridized carbons (Fsp3) is 0.190. The molecule has 0 aliphatic rings. The SMILES string of the molecule is COc1ccc(OCCNC(=O)c2ccnc(NCc3cccnc3)c2)cc1. The number of amides is 1. The van der Waals surface area contributed by atoms with Crippen LogP contribution in [-0.2, 0) is 6.54 Å². The van der Waals surface area contributed by atoms with Crippen molar-refractivity contribution in [3.8, 4) is 11.5 Å². The Morgan fingerprint density at radius 3 is 2.64 bits per heavy atom. The number of hydrogen-bond acceptors (Lipinski definition) is 6. The number of carbonyl (C=O) groups excluding carboxylic acids is 1. The average molecular weight is 378 g/mol. The highest BCUT2D eigenvalue weighted by Crippen LogP contribution is 2.16. The van der Waals surface area contributed by atoms with E-state index in [0.29, 0.717) is 31.1 Å². The molecule has 144 valence electrons. The maximum atomic E-state index is 12.3. The molecule has 0 unspecified atom stereocenters. The molecule has 0 bridgehead atoms. The van der Waals surface area contributed by atoms with Gasteiger partial charge in [0.1, 0.15) is 23.9 Å². The number of methoxy groups -OCH3 is 1. The number of nitrogens with one attached hydrogen (secondary N) is 2. The molecule has 2 heterocycles. The van der Waals surface area contributed by atoms with E-state index in [1.807, 2.05) is 36.4 Å². The molecule has 7 heteroatoms. The van der Waals surface area contributed by atoms with Crippen molar-refractivity contribution in [3.05, 3.63) is 78.2 Å². The second kappa shape index (κ2) is 9.91. The Kier molecular flexibility index (Phi) is 6.78. The fourth-order valence-electron chi connectivity index (χ4n) is 2.47. The molecule has 0 saturated carbocycles. The van der Waals surface area contributed by atoms with Crippen molar-refractivity contribution in [2.24, 2.45) is 0 Å². The Bertz CT molecular complexity index is 886. The van der Waals surface area contributed by atoms with E-state index < -0.39 is 0 Å². The highest BCUT2D eigenvalue weighted by atomic mass is 16.5. The summed E-state index contributed by atoms with van der Waals surface area (Å²) >= 11 is 0. The normalized spacial score (nSPS) is 10.2. The van der Waals surface area contributed by atoms with Gasteiger partial charge < -0.3 is 20.1 Å². The minimum absolute atomic E-state index is 0.176. The largest absolute Gasteiger partial charge is 0.497 e. The second-order valence-corrected chi connectivity index (χ2v) is 5.92. The van der Waals surface area contributed by atoms with Gasteiger partial charge in [0.25, 0.3) is 5.91 Å². The predicted octanol–water partition coefficient (Wildman–Crippen LogP) is 2.91.